The van der Waals surface area contributed by atoms with Gasteiger partial charge in [-0.2, -0.15) is 0 Å². The summed E-state index contributed by atoms with van der Waals surface area (Å²) < 4.78 is 16.3. The van der Waals surface area contributed by atoms with Crippen molar-refractivity contribution < 1.29 is 18.7 Å². The Labute approximate surface area is 156 Å². The second kappa shape index (κ2) is 7.48. The number of rotatable bonds is 4. The van der Waals surface area contributed by atoms with Crippen LogP contribution in [0.5, 0.6) is 5.75 Å². The molecule has 1 unspecified atom stereocenters. The van der Waals surface area contributed by atoms with E-state index in [4.69, 9.17) is 19.6 Å². The van der Waals surface area contributed by atoms with E-state index in [0.29, 0.717) is 37.6 Å². The molecule has 1 aliphatic rings. The second-order valence-electron chi connectivity index (χ2n) is 6.47. The van der Waals surface area contributed by atoms with Crippen molar-refractivity contribution >= 4 is 16.9 Å². The highest BCUT2D eigenvalue weighted by molar-refractivity contribution is 5.94. The minimum atomic E-state index is -0.578. The molecule has 1 fully saturated rings. The molecule has 1 aliphatic heterocycles. The Morgan fingerprint density at radius 2 is 2.11 bits per heavy atom. The third-order valence-electron chi connectivity index (χ3n) is 4.76. The summed E-state index contributed by atoms with van der Waals surface area (Å²) in [6.45, 7) is 4.68. The van der Waals surface area contributed by atoms with Gasteiger partial charge in [-0.05, 0) is 36.8 Å². The molecule has 2 N–H and O–H groups in total. The number of esters is 1. The molecule has 1 saturated heterocycles. The molecule has 27 heavy (non-hydrogen) atoms. The number of hydrogen-bond donors (Lipinski definition) is 1. The number of carbonyl (C=O) groups is 1. The van der Waals surface area contributed by atoms with Crippen molar-refractivity contribution in [3.05, 3.63) is 59.7 Å². The zero-order chi connectivity index (χ0) is 18.8. The van der Waals surface area contributed by atoms with E-state index in [9.17, 15) is 4.79 Å². The number of nitrogens with zero attached hydrogens (tertiary/aromatic N) is 2. The zero-order valence-corrected chi connectivity index (χ0v) is 15.1. The molecule has 2 aromatic heterocycles. The number of carbonyl (C=O) groups excluding carboxylic acids is 1. The normalized spacial score (nSPS) is 16.4. The average Bonchev–Trinajstić information content (AvgIpc) is 3.25. The summed E-state index contributed by atoms with van der Waals surface area (Å²) >= 11 is 0. The predicted octanol–water partition coefficient (Wildman–Crippen LogP) is 2.64. The van der Waals surface area contributed by atoms with E-state index in [-0.39, 0.29) is 5.76 Å². The van der Waals surface area contributed by atoms with Crippen LogP contribution in [0.4, 0.5) is 0 Å². The maximum absolute atomic E-state index is 12.5. The fourth-order valence-electron chi connectivity index (χ4n) is 3.33. The zero-order valence-electron chi connectivity index (χ0n) is 15.1. The summed E-state index contributed by atoms with van der Waals surface area (Å²) in [5, 5.41) is 0.915. The summed E-state index contributed by atoms with van der Waals surface area (Å²) in [5.41, 5.74) is 8.91. The SMILES string of the molecule is Cc1cc(C(N)N2CCOCC2)c(OC(=O)c2ccco2)c2ncccc12. The molecule has 3 heterocycles. The Morgan fingerprint density at radius 3 is 2.85 bits per heavy atom. The highest BCUT2D eigenvalue weighted by Gasteiger charge is 2.26. The maximum Gasteiger partial charge on any atom is 0.379 e. The fraction of sp³-hybridized carbons (Fsp3) is 0.300. The van der Waals surface area contributed by atoms with Crippen molar-refractivity contribution in [1.29, 1.82) is 0 Å². The van der Waals surface area contributed by atoms with Gasteiger partial charge in [0.2, 0.25) is 5.76 Å². The van der Waals surface area contributed by atoms with Crippen LogP contribution in [-0.2, 0) is 4.74 Å². The van der Waals surface area contributed by atoms with Crippen LogP contribution in [0.1, 0.15) is 27.8 Å². The van der Waals surface area contributed by atoms with E-state index >= 15 is 0 Å². The molecule has 3 aromatic rings. The van der Waals surface area contributed by atoms with Crippen molar-refractivity contribution in [2.45, 2.75) is 13.1 Å². The fourth-order valence-corrected chi connectivity index (χ4v) is 3.33. The Balaban J connectivity index is 1.80. The van der Waals surface area contributed by atoms with Crippen LogP contribution in [0.25, 0.3) is 10.9 Å². The summed E-state index contributed by atoms with van der Waals surface area (Å²) in [6.07, 6.45) is 2.68. The molecule has 4 rings (SSSR count). The number of aryl methyl sites for hydroxylation is 1. The van der Waals surface area contributed by atoms with Gasteiger partial charge < -0.3 is 19.6 Å². The first-order valence-corrected chi connectivity index (χ1v) is 8.86. The largest absolute Gasteiger partial charge is 0.457 e. The number of furan rings is 1. The number of fused-ring (bicyclic) bond motifs is 1. The topological polar surface area (TPSA) is 90.8 Å². The molecule has 0 saturated carbocycles. The Hall–Kier alpha value is -2.74. The van der Waals surface area contributed by atoms with E-state index in [1.165, 1.54) is 6.26 Å². The molecule has 0 spiro atoms. The Bertz CT molecular complexity index is 949. The van der Waals surface area contributed by atoms with Crippen molar-refractivity contribution in [3.8, 4) is 5.75 Å². The summed E-state index contributed by atoms with van der Waals surface area (Å²) in [6, 6.07) is 8.98. The Morgan fingerprint density at radius 1 is 1.30 bits per heavy atom. The van der Waals surface area contributed by atoms with Gasteiger partial charge in [-0.25, -0.2) is 4.79 Å². The van der Waals surface area contributed by atoms with E-state index < -0.39 is 12.1 Å². The summed E-state index contributed by atoms with van der Waals surface area (Å²) in [5.74, 6) is -0.0756. The number of morpholine rings is 1. The number of benzene rings is 1. The highest BCUT2D eigenvalue weighted by Crippen LogP contribution is 2.36. The van der Waals surface area contributed by atoms with Crippen molar-refractivity contribution in [3.63, 3.8) is 0 Å². The van der Waals surface area contributed by atoms with Gasteiger partial charge in [0, 0.05) is 30.2 Å². The minimum absolute atomic E-state index is 0.130. The van der Waals surface area contributed by atoms with Gasteiger partial charge in [0.25, 0.3) is 0 Å². The third-order valence-corrected chi connectivity index (χ3v) is 4.76. The molecule has 0 radical (unpaired) electrons. The van der Waals surface area contributed by atoms with Crippen LogP contribution in [-0.4, -0.2) is 42.2 Å². The molecule has 0 amide bonds. The molecule has 7 nitrogen and oxygen atoms in total. The number of nitrogens with two attached hydrogens (primary N) is 1. The van der Waals surface area contributed by atoms with Crippen LogP contribution in [0.2, 0.25) is 0 Å². The number of ether oxygens (including phenoxy) is 2. The van der Waals surface area contributed by atoms with Crippen molar-refractivity contribution in [2.75, 3.05) is 26.3 Å². The standard InChI is InChI=1S/C20H21N3O4/c1-13-12-15(19(21)23-7-10-25-11-8-23)18(17-14(13)4-2-6-22-17)27-20(24)16-5-3-9-26-16/h2-6,9,12,19H,7-8,10-11,21H2,1H3. The molecule has 0 aliphatic carbocycles. The first kappa shape index (κ1) is 17.7. The van der Waals surface area contributed by atoms with Crippen molar-refractivity contribution in [2.24, 2.45) is 5.73 Å². The Kier molecular flexibility index (Phi) is 4.89. The van der Waals surface area contributed by atoms with Gasteiger partial charge in [0.1, 0.15) is 5.52 Å². The van der Waals surface area contributed by atoms with Gasteiger partial charge in [0.15, 0.2) is 5.75 Å². The maximum atomic E-state index is 12.5. The van der Waals surface area contributed by atoms with E-state index in [0.717, 1.165) is 16.5 Å². The van der Waals surface area contributed by atoms with Crippen molar-refractivity contribution in [1.82, 2.24) is 9.88 Å². The summed E-state index contributed by atoms with van der Waals surface area (Å²) in [7, 11) is 0. The highest BCUT2D eigenvalue weighted by atomic mass is 16.5. The molecule has 0 bridgehead atoms. The van der Waals surface area contributed by atoms with Gasteiger partial charge in [-0.1, -0.05) is 6.07 Å². The first-order chi connectivity index (χ1) is 13.1. The second-order valence-corrected chi connectivity index (χ2v) is 6.47. The van der Waals surface area contributed by atoms with E-state index in [1.54, 1.807) is 18.3 Å². The van der Waals surface area contributed by atoms with E-state index in [1.807, 2.05) is 25.1 Å². The monoisotopic (exact) mass is 367 g/mol. The molecule has 7 heteroatoms. The molecule has 140 valence electrons. The smallest absolute Gasteiger partial charge is 0.379 e. The number of hydrogen-bond acceptors (Lipinski definition) is 7. The quantitative estimate of drug-likeness (QED) is 0.560. The first-order valence-electron chi connectivity index (χ1n) is 8.86. The molecular formula is C20H21N3O4. The lowest BCUT2D eigenvalue weighted by Gasteiger charge is -2.33. The lowest BCUT2D eigenvalue weighted by Crippen LogP contribution is -2.42. The van der Waals surface area contributed by atoms with E-state index in [2.05, 4.69) is 9.88 Å². The van der Waals surface area contributed by atoms with Crippen LogP contribution in [0.15, 0.2) is 47.2 Å². The van der Waals surface area contributed by atoms with Gasteiger partial charge in [-0.3, -0.25) is 9.88 Å². The molecular weight excluding hydrogens is 346 g/mol. The lowest BCUT2D eigenvalue weighted by molar-refractivity contribution is 0.0167. The van der Waals surface area contributed by atoms with Crippen LogP contribution < -0.4 is 10.5 Å². The number of pyridine rings is 1. The van der Waals surface area contributed by atoms with Gasteiger partial charge in [-0.15, -0.1) is 0 Å². The van der Waals surface area contributed by atoms with Crippen LogP contribution in [0, 0.1) is 6.92 Å². The molecule has 1 atom stereocenters. The van der Waals surface area contributed by atoms with Crippen LogP contribution in [0.3, 0.4) is 0 Å². The van der Waals surface area contributed by atoms with Gasteiger partial charge >= 0.3 is 5.97 Å². The summed E-state index contributed by atoms with van der Waals surface area (Å²) in [4.78, 5) is 19.1. The van der Waals surface area contributed by atoms with Gasteiger partial charge in [0.05, 0.1) is 25.6 Å². The van der Waals surface area contributed by atoms with Crippen LogP contribution >= 0.6 is 0 Å². The average molecular weight is 367 g/mol. The number of aromatic nitrogens is 1. The lowest BCUT2D eigenvalue weighted by atomic mass is 10.0. The third kappa shape index (κ3) is 3.44. The minimum Gasteiger partial charge on any atom is -0.457 e. The molecule has 1 aromatic carbocycles. The predicted molar refractivity (Wildman–Crippen MR) is 99.5 cm³/mol.